The number of nitrogens with zero attached hydrogens (tertiary/aromatic N) is 2. The van der Waals surface area contributed by atoms with Crippen molar-refractivity contribution in [2.75, 3.05) is 20.6 Å². The Morgan fingerprint density at radius 3 is 2.39 bits per heavy atom. The molecule has 1 unspecified atom stereocenters. The van der Waals surface area contributed by atoms with Gasteiger partial charge in [0.25, 0.3) is 0 Å². The summed E-state index contributed by atoms with van der Waals surface area (Å²) in [6.45, 7) is 10.7. The maximum Gasteiger partial charge on any atom is 0.0900 e. The second-order valence-electron chi connectivity index (χ2n) is 5.62. The van der Waals surface area contributed by atoms with E-state index in [0.717, 1.165) is 24.0 Å². The average molecular weight is 269 g/mol. The van der Waals surface area contributed by atoms with Crippen LogP contribution in [0.15, 0.2) is 0 Å². The van der Waals surface area contributed by atoms with Gasteiger partial charge in [-0.25, -0.2) is 4.98 Å². The predicted octanol–water partition coefficient (Wildman–Crippen LogP) is 2.83. The van der Waals surface area contributed by atoms with Gasteiger partial charge in [0.05, 0.1) is 10.7 Å². The first-order chi connectivity index (χ1) is 8.40. The molecule has 0 aliphatic rings. The van der Waals surface area contributed by atoms with Crippen molar-refractivity contribution >= 4 is 11.3 Å². The highest BCUT2D eigenvalue weighted by molar-refractivity contribution is 7.11. The molecule has 1 atom stereocenters. The summed E-state index contributed by atoms with van der Waals surface area (Å²) in [5.41, 5.74) is 1.18. The fraction of sp³-hybridized carbons (Fsp3) is 0.786. The molecule has 0 fully saturated rings. The topological polar surface area (TPSA) is 28.2 Å². The monoisotopic (exact) mass is 269 g/mol. The lowest BCUT2D eigenvalue weighted by Crippen LogP contribution is -2.38. The van der Waals surface area contributed by atoms with Gasteiger partial charge in [0, 0.05) is 24.0 Å². The Morgan fingerprint density at radius 2 is 1.94 bits per heavy atom. The van der Waals surface area contributed by atoms with Gasteiger partial charge in [-0.05, 0) is 40.3 Å². The second-order valence-corrected chi connectivity index (χ2v) is 6.91. The lowest BCUT2D eigenvalue weighted by atomic mass is 10.0. The van der Waals surface area contributed by atoms with E-state index in [0.29, 0.717) is 6.04 Å². The second kappa shape index (κ2) is 7.22. The van der Waals surface area contributed by atoms with Gasteiger partial charge in [0.2, 0.25) is 0 Å². The van der Waals surface area contributed by atoms with Crippen molar-refractivity contribution in [3.63, 3.8) is 0 Å². The average Bonchev–Trinajstić information content (AvgIpc) is 2.55. The van der Waals surface area contributed by atoms with E-state index >= 15 is 0 Å². The van der Waals surface area contributed by atoms with Crippen molar-refractivity contribution in [3.05, 3.63) is 15.6 Å². The van der Waals surface area contributed by atoms with E-state index in [1.165, 1.54) is 17.0 Å². The highest BCUT2D eigenvalue weighted by atomic mass is 32.1. The normalized spacial score (nSPS) is 13.6. The van der Waals surface area contributed by atoms with Crippen LogP contribution >= 0.6 is 11.3 Å². The van der Waals surface area contributed by atoms with Crippen molar-refractivity contribution in [3.8, 4) is 0 Å². The van der Waals surface area contributed by atoms with Crippen molar-refractivity contribution in [1.82, 2.24) is 15.2 Å². The zero-order chi connectivity index (χ0) is 13.7. The number of hydrogen-bond donors (Lipinski definition) is 1. The Labute approximate surface area is 116 Å². The number of thiazole rings is 1. The van der Waals surface area contributed by atoms with Crippen molar-refractivity contribution < 1.29 is 0 Å². The molecule has 0 aliphatic carbocycles. The molecule has 18 heavy (non-hydrogen) atoms. The van der Waals surface area contributed by atoms with E-state index in [1.54, 1.807) is 11.3 Å². The Bertz CT molecular complexity index is 358. The maximum atomic E-state index is 4.46. The van der Waals surface area contributed by atoms with E-state index in [1.807, 2.05) is 0 Å². The summed E-state index contributed by atoms with van der Waals surface area (Å²) >= 11 is 1.80. The first-order valence-corrected chi connectivity index (χ1v) is 7.51. The van der Waals surface area contributed by atoms with Gasteiger partial charge in [-0.2, -0.15) is 0 Å². The minimum Gasteiger partial charge on any atom is -0.310 e. The summed E-state index contributed by atoms with van der Waals surface area (Å²) in [5.74, 6) is 0.742. The minimum atomic E-state index is 0.610. The van der Waals surface area contributed by atoms with E-state index in [2.05, 4.69) is 57.0 Å². The molecule has 0 saturated carbocycles. The number of rotatable bonds is 7. The van der Waals surface area contributed by atoms with Crippen LogP contribution in [0.4, 0.5) is 0 Å². The van der Waals surface area contributed by atoms with Gasteiger partial charge in [0.15, 0.2) is 0 Å². The highest BCUT2D eigenvalue weighted by Gasteiger charge is 2.13. The molecule has 0 aromatic carbocycles. The van der Waals surface area contributed by atoms with Crippen LogP contribution in [0.3, 0.4) is 0 Å². The molecule has 1 rings (SSSR count). The SMILES string of the molecule is Cc1nc(C)c(CNCC(CC(C)C)N(C)C)s1. The Kier molecular flexibility index (Phi) is 6.26. The van der Waals surface area contributed by atoms with Crippen LogP contribution in [0.2, 0.25) is 0 Å². The van der Waals surface area contributed by atoms with Crippen LogP contribution in [0.25, 0.3) is 0 Å². The zero-order valence-electron chi connectivity index (χ0n) is 12.6. The van der Waals surface area contributed by atoms with Gasteiger partial charge in [0.1, 0.15) is 0 Å². The zero-order valence-corrected chi connectivity index (χ0v) is 13.4. The highest BCUT2D eigenvalue weighted by Crippen LogP contribution is 2.16. The van der Waals surface area contributed by atoms with E-state index in [9.17, 15) is 0 Å². The number of likely N-dealkylation sites (N-methyl/N-ethyl adjacent to an activating group) is 1. The molecule has 3 nitrogen and oxygen atoms in total. The molecule has 1 heterocycles. The number of hydrogen-bond acceptors (Lipinski definition) is 4. The Morgan fingerprint density at radius 1 is 1.28 bits per heavy atom. The molecule has 0 radical (unpaired) electrons. The third-order valence-electron chi connectivity index (χ3n) is 3.14. The molecule has 4 heteroatoms. The summed E-state index contributed by atoms with van der Waals surface area (Å²) in [6.07, 6.45) is 1.24. The van der Waals surface area contributed by atoms with Crippen molar-refractivity contribution in [2.45, 2.75) is 46.7 Å². The van der Waals surface area contributed by atoms with Crippen LogP contribution in [0.1, 0.15) is 35.8 Å². The predicted molar refractivity (Wildman–Crippen MR) is 80.2 cm³/mol. The molecular formula is C14H27N3S. The molecule has 1 aromatic heterocycles. The summed E-state index contributed by atoms with van der Waals surface area (Å²) < 4.78 is 0. The molecule has 0 aliphatic heterocycles. The third-order valence-corrected chi connectivity index (χ3v) is 4.21. The minimum absolute atomic E-state index is 0.610. The van der Waals surface area contributed by atoms with Crippen LogP contribution in [-0.4, -0.2) is 36.6 Å². The standard InChI is InChI=1S/C14H27N3S/c1-10(2)7-13(17(5)6)8-15-9-14-11(3)16-12(4)18-14/h10,13,15H,7-9H2,1-6H3. The molecule has 1 N–H and O–H groups in total. The Hall–Kier alpha value is -0.450. The van der Waals surface area contributed by atoms with Crippen LogP contribution < -0.4 is 5.32 Å². The largest absolute Gasteiger partial charge is 0.310 e. The number of nitrogens with one attached hydrogen (secondary N) is 1. The molecular weight excluding hydrogens is 242 g/mol. The molecule has 0 bridgehead atoms. The summed E-state index contributed by atoms with van der Waals surface area (Å²) in [7, 11) is 4.33. The summed E-state index contributed by atoms with van der Waals surface area (Å²) in [6, 6.07) is 0.610. The summed E-state index contributed by atoms with van der Waals surface area (Å²) in [5, 5.41) is 4.73. The van der Waals surface area contributed by atoms with Gasteiger partial charge < -0.3 is 10.2 Å². The van der Waals surface area contributed by atoms with Crippen LogP contribution in [-0.2, 0) is 6.54 Å². The fourth-order valence-corrected chi connectivity index (χ4v) is 3.02. The lowest BCUT2D eigenvalue weighted by molar-refractivity contribution is 0.247. The molecule has 104 valence electrons. The Balaban J connectivity index is 2.41. The van der Waals surface area contributed by atoms with E-state index in [4.69, 9.17) is 0 Å². The van der Waals surface area contributed by atoms with Gasteiger partial charge in [-0.3, -0.25) is 0 Å². The number of aryl methyl sites for hydroxylation is 2. The van der Waals surface area contributed by atoms with Crippen LogP contribution in [0.5, 0.6) is 0 Å². The third kappa shape index (κ3) is 5.04. The van der Waals surface area contributed by atoms with E-state index < -0.39 is 0 Å². The van der Waals surface area contributed by atoms with E-state index in [-0.39, 0.29) is 0 Å². The first-order valence-electron chi connectivity index (χ1n) is 6.70. The first kappa shape index (κ1) is 15.6. The summed E-state index contributed by atoms with van der Waals surface area (Å²) in [4.78, 5) is 8.15. The van der Waals surface area contributed by atoms with Gasteiger partial charge in [-0.15, -0.1) is 11.3 Å². The van der Waals surface area contributed by atoms with Crippen molar-refractivity contribution in [1.29, 1.82) is 0 Å². The molecule has 0 spiro atoms. The van der Waals surface area contributed by atoms with Crippen molar-refractivity contribution in [2.24, 2.45) is 5.92 Å². The molecule has 1 aromatic rings. The fourth-order valence-electron chi connectivity index (χ4n) is 2.11. The smallest absolute Gasteiger partial charge is 0.0900 e. The number of aromatic nitrogens is 1. The quantitative estimate of drug-likeness (QED) is 0.825. The lowest BCUT2D eigenvalue weighted by Gasteiger charge is -2.26. The van der Waals surface area contributed by atoms with Crippen LogP contribution in [0, 0.1) is 19.8 Å². The van der Waals surface area contributed by atoms with Gasteiger partial charge >= 0.3 is 0 Å². The maximum absolute atomic E-state index is 4.46. The molecule has 0 saturated heterocycles. The molecule has 0 amide bonds. The van der Waals surface area contributed by atoms with Gasteiger partial charge in [-0.1, -0.05) is 13.8 Å².